The minimum Gasteiger partial charge on any atom is -0.354 e. The van der Waals surface area contributed by atoms with E-state index in [-0.39, 0.29) is 5.75 Å². The molecule has 1 heterocycles. The highest BCUT2D eigenvalue weighted by Crippen LogP contribution is 2.34. The molecular weight excluding hydrogens is 334 g/mol. The van der Waals surface area contributed by atoms with Crippen molar-refractivity contribution in [2.24, 2.45) is 0 Å². The molecule has 5 nitrogen and oxygen atoms in total. The SMILES string of the molecule is CCS(=O)(=O)Nc1ccc(Nc2c(C(C)C)cccc2C(C)C)cn1. The van der Waals surface area contributed by atoms with E-state index in [1.54, 1.807) is 19.2 Å². The van der Waals surface area contributed by atoms with Gasteiger partial charge >= 0.3 is 0 Å². The second-order valence-electron chi connectivity index (χ2n) is 6.68. The van der Waals surface area contributed by atoms with Crippen molar-refractivity contribution in [1.29, 1.82) is 0 Å². The molecule has 0 unspecified atom stereocenters. The first-order valence-corrected chi connectivity index (χ1v) is 10.2. The Morgan fingerprint density at radius 2 is 1.60 bits per heavy atom. The number of pyridine rings is 1. The predicted octanol–water partition coefficient (Wildman–Crippen LogP) is 4.83. The van der Waals surface area contributed by atoms with Crippen LogP contribution in [0.2, 0.25) is 0 Å². The fraction of sp³-hybridized carbons (Fsp3) is 0.421. The van der Waals surface area contributed by atoms with E-state index < -0.39 is 10.0 Å². The van der Waals surface area contributed by atoms with E-state index in [0.717, 1.165) is 11.4 Å². The number of hydrogen-bond acceptors (Lipinski definition) is 4. The standard InChI is InChI=1S/C19H27N3O2S/c1-6-25(23,24)22-18-11-10-15(12-20-18)21-19-16(13(2)3)8-7-9-17(19)14(4)5/h7-14,21H,6H2,1-5H3,(H,20,22). The number of para-hydroxylation sites is 1. The minimum absolute atomic E-state index is 0.0220. The second kappa shape index (κ2) is 7.87. The highest BCUT2D eigenvalue weighted by molar-refractivity contribution is 7.92. The lowest BCUT2D eigenvalue weighted by Gasteiger charge is -2.21. The zero-order chi connectivity index (χ0) is 18.6. The van der Waals surface area contributed by atoms with Crippen LogP contribution in [0.3, 0.4) is 0 Å². The van der Waals surface area contributed by atoms with E-state index >= 15 is 0 Å². The number of hydrogen-bond donors (Lipinski definition) is 2. The summed E-state index contributed by atoms with van der Waals surface area (Å²) in [5.74, 6) is 1.14. The van der Waals surface area contributed by atoms with Crippen LogP contribution in [0.15, 0.2) is 36.5 Å². The smallest absolute Gasteiger partial charge is 0.233 e. The Morgan fingerprint density at radius 3 is 2.04 bits per heavy atom. The van der Waals surface area contributed by atoms with Crippen molar-refractivity contribution < 1.29 is 8.42 Å². The number of aromatic nitrogens is 1. The van der Waals surface area contributed by atoms with Crippen LogP contribution in [-0.2, 0) is 10.0 Å². The Morgan fingerprint density at radius 1 is 1.00 bits per heavy atom. The number of rotatable bonds is 7. The molecule has 2 aromatic rings. The average molecular weight is 362 g/mol. The first-order valence-electron chi connectivity index (χ1n) is 8.60. The van der Waals surface area contributed by atoms with Gasteiger partial charge in [0.05, 0.1) is 17.6 Å². The molecule has 25 heavy (non-hydrogen) atoms. The average Bonchev–Trinajstić information content (AvgIpc) is 2.56. The van der Waals surface area contributed by atoms with Gasteiger partial charge in [-0.2, -0.15) is 0 Å². The third-order valence-corrected chi connectivity index (χ3v) is 5.33. The molecule has 1 aromatic heterocycles. The molecule has 2 N–H and O–H groups in total. The second-order valence-corrected chi connectivity index (χ2v) is 8.69. The predicted molar refractivity (Wildman–Crippen MR) is 105 cm³/mol. The van der Waals surface area contributed by atoms with Gasteiger partial charge in [0, 0.05) is 5.69 Å². The maximum atomic E-state index is 11.6. The summed E-state index contributed by atoms with van der Waals surface area (Å²) >= 11 is 0. The van der Waals surface area contributed by atoms with E-state index in [4.69, 9.17) is 0 Å². The Labute approximate surface area is 150 Å². The number of anilines is 3. The van der Waals surface area contributed by atoms with Crippen molar-refractivity contribution >= 4 is 27.2 Å². The van der Waals surface area contributed by atoms with Crippen LogP contribution in [-0.4, -0.2) is 19.2 Å². The zero-order valence-corrected chi connectivity index (χ0v) is 16.3. The number of nitrogens with one attached hydrogen (secondary N) is 2. The van der Waals surface area contributed by atoms with Crippen molar-refractivity contribution in [2.45, 2.75) is 46.5 Å². The molecule has 2 rings (SSSR count). The third kappa shape index (κ3) is 4.95. The molecular formula is C19H27N3O2S. The Bertz CT molecular complexity index is 787. The summed E-state index contributed by atoms with van der Waals surface area (Å²) in [4.78, 5) is 4.20. The van der Waals surface area contributed by atoms with Crippen molar-refractivity contribution in [3.63, 3.8) is 0 Å². The maximum absolute atomic E-state index is 11.6. The van der Waals surface area contributed by atoms with Gasteiger partial charge in [0.2, 0.25) is 10.0 Å². The highest BCUT2D eigenvalue weighted by atomic mass is 32.2. The monoisotopic (exact) mass is 361 g/mol. The molecule has 0 radical (unpaired) electrons. The summed E-state index contributed by atoms with van der Waals surface area (Å²) in [5, 5.41) is 3.47. The lowest BCUT2D eigenvalue weighted by atomic mass is 9.92. The van der Waals surface area contributed by atoms with Crippen molar-refractivity contribution in [1.82, 2.24) is 4.98 Å². The summed E-state index contributed by atoms with van der Waals surface area (Å²) in [6.07, 6.45) is 1.65. The van der Waals surface area contributed by atoms with Gasteiger partial charge in [-0.1, -0.05) is 45.9 Å². The van der Waals surface area contributed by atoms with Gasteiger partial charge in [0.1, 0.15) is 5.82 Å². The molecule has 0 saturated carbocycles. The Hall–Kier alpha value is -2.08. The first kappa shape index (κ1) is 19.2. The summed E-state index contributed by atoms with van der Waals surface area (Å²) in [7, 11) is -3.31. The number of sulfonamides is 1. The topological polar surface area (TPSA) is 71.1 Å². The molecule has 0 bridgehead atoms. The van der Waals surface area contributed by atoms with Crippen molar-refractivity contribution in [3.05, 3.63) is 47.7 Å². The Balaban J connectivity index is 2.31. The van der Waals surface area contributed by atoms with Crippen LogP contribution in [0.1, 0.15) is 57.6 Å². The van der Waals surface area contributed by atoms with Gasteiger partial charge < -0.3 is 5.32 Å². The molecule has 136 valence electrons. The van der Waals surface area contributed by atoms with E-state index in [1.807, 2.05) is 6.07 Å². The van der Waals surface area contributed by atoms with Crippen LogP contribution >= 0.6 is 0 Å². The van der Waals surface area contributed by atoms with Crippen molar-refractivity contribution in [2.75, 3.05) is 15.8 Å². The van der Waals surface area contributed by atoms with E-state index in [0.29, 0.717) is 17.7 Å². The fourth-order valence-corrected chi connectivity index (χ4v) is 3.18. The van der Waals surface area contributed by atoms with E-state index in [1.165, 1.54) is 11.1 Å². The molecule has 0 aliphatic rings. The molecule has 0 aliphatic heterocycles. The van der Waals surface area contributed by atoms with Crippen molar-refractivity contribution in [3.8, 4) is 0 Å². The molecule has 0 aliphatic carbocycles. The van der Waals surface area contributed by atoms with Gasteiger partial charge in [-0.15, -0.1) is 0 Å². The molecule has 0 saturated heterocycles. The van der Waals surface area contributed by atoms with Crippen LogP contribution in [0, 0.1) is 0 Å². The van der Waals surface area contributed by atoms with Gasteiger partial charge in [-0.25, -0.2) is 13.4 Å². The summed E-state index contributed by atoms with van der Waals surface area (Å²) < 4.78 is 25.7. The number of nitrogens with zero attached hydrogens (tertiary/aromatic N) is 1. The molecule has 0 atom stereocenters. The third-order valence-electron chi connectivity index (χ3n) is 4.05. The molecule has 0 amide bonds. The van der Waals surface area contributed by atoms with E-state index in [2.05, 4.69) is 60.9 Å². The van der Waals surface area contributed by atoms with Gasteiger partial charge in [0.15, 0.2) is 0 Å². The Kier molecular flexibility index (Phi) is 6.06. The fourth-order valence-electron chi connectivity index (χ4n) is 2.60. The molecule has 6 heteroatoms. The maximum Gasteiger partial charge on any atom is 0.233 e. The van der Waals surface area contributed by atoms with E-state index in [9.17, 15) is 8.42 Å². The van der Waals surface area contributed by atoms with Crippen LogP contribution in [0.25, 0.3) is 0 Å². The normalized spacial score (nSPS) is 11.8. The molecule has 0 spiro atoms. The first-order chi connectivity index (χ1) is 11.7. The van der Waals surface area contributed by atoms with Crippen LogP contribution in [0.4, 0.5) is 17.2 Å². The van der Waals surface area contributed by atoms with Crippen LogP contribution < -0.4 is 10.0 Å². The highest BCUT2D eigenvalue weighted by Gasteiger charge is 2.14. The van der Waals surface area contributed by atoms with Crippen LogP contribution in [0.5, 0.6) is 0 Å². The molecule has 1 aromatic carbocycles. The summed E-state index contributed by atoms with van der Waals surface area (Å²) in [6, 6.07) is 9.87. The lowest BCUT2D eigenvalue weighted by Crippen LogP contribution is -2.15. The summed E-state index contributed by atoms with van der Waals surface area (Å²) in [5.41, 5.74) is 4.44. The zero-order valence-electron chi connectivity index (χ0n) is 15.5. The quantitative estimate of drug-likeness (QED) is 0.741. The lowest BCUT2D eigenvalue weighted by molar-refractivity contribution is 0.602. The van der Waals surface area contributed by atoms with Gasteiger partial charge in [-0.05, 0) is 42.0 Å². The van der Waals surface area contributed by atoms with Gasteiger partial charge in [-0.3, -0.25) is 4.72 Å². The van der Waals surface area contributed by atoms with Gasteiger partial charge in [0.25, 0.3) is 0 Å². The minimum atomic E-state index is -3.31. The number of benzene rings is 1. The largest absolute Gasteiger partial charge is 0.354 e. The summed E-state index contributed by atoms with van der Waals surface area (Å²) in [6.45, 7) is 10.3. The molecule has 0 fully saturated rings.